The first-order valence-electron chi connectivity index (χ1n) is 8.20. The fraction of sp³-hybridized carbons (Fsp3) is 0.765. The summed E-state index contributed by atoms with van der Waals surface area (Å²) in [7, 11) is 0. The maximum atomic E-state index is 4.66. The van der Waals surface area contributed by atoms with Crippen LogP contribution in [0.4, 0.5) is 5.82 Å². The molecular weight excluding hydrogens is 246 g/mol. The zero-order valence-corrected chi connectivity index (χ0v) is 13.4. The summed E-state index contributed by atoms with van der Waals surface area (Å²) in [6, 6.07) is 2.67. The van der Waals surface area contributed by atoms with Crippen molar-refractivity contribution in [3.05, 3.63) is 17.6 Å². The van der Waals surface area contributed by atoms with E-state index in [1.165, 1.54) is 38.5 Å². The van der Waals surface area contributed by atoms with Gasteiger partial charge in [-0.15, -0.1) is 0 Å². The number of hydrogen-bond donors (Lipinski definition) is 1. The molecule has 1 aliphatic rings. The van der Waals surface area contributed by atoms with Gasteiger partial charge in [0.15, 0.2) is 0 Å². The highest BCUT2D eigenvalue weighted by molar-refractivity contribution is 5.37. The van der Waals surface area contributed by atoms with Gasteiger partial charge in [-0.05, 0) is 38.5 Å². The molecule has 0 saturated heterocycles. The molecule has 0 aliphatic heterocycles. The molecule has 1 N–H and O–H groups in total. The lowest BCUT2D eigenvalue weighted by molar-refractivity contribution is 0.318. The SMILES string of the molecule is CCCC1CCC(Nc2cc(C)nc(C(C)C)n2)CC1. The van der Waals surface area contributed by atoms with Gasteiger partial charge >= 0.3 is 0 Å². The lowest BCUT2D eigenvalue weighted by Crippen LogP contribution is -2.26. The summed E-state index contributed by atoms with van der Waals surface area (Å²) in [4.78, 5) is 9.17. The van der Waals surface area contributed by atoms with Crippen LogP contribution in [0.1, 0.15) is 76.7 Å². The third-order valence-electron chi connectivity index (χ3n) is 4.28. The lowest BCUT2D eigenvalue weighted by atomic mass is 9.83. The molecule has 1 aromatic rings. The number of hydrogen-bond acceptors (Lipinski definition) is 3. The Morgan fingerprint density at radius 1 is 1.20 bits per heavy atom. The van der Waals surface area contributed by atoms with Gasteiger partial charge in [-0.2, -0.15) is 0 Å². The Hall–Kier alpha value is -1.12. The fourth-order valence-electron chi connectivity index (χ4n) is 3.14. The third-order valence-corrected chi connectivity index (χ3v) is 4.28. The van der Waals surface area contributed by atoms with Gasteiger partial charge in [0, 0.05) is 23.7 Å². The van der Waals surface area contributed by atoms with E-state index >= 15 is 0 Å². The minimum atomic E-state index is 0.385. The standard InChI is InChI=1S/C17H29N3/c1-5-6-14-7-9-15(10-8-14)19-16-11-13(4)18-17(20-16)12(2)3/h11-12,14-15H,5-10H2,1-4H3,(H,18,19,20). The molecule has 0 unspecified atom stereocenters. The average molecular weight is 275 g/mol. The monoisotopic (exact) mass is 275 g/mol. The number of aryl methyl sites for hydroxylation is 1. The maximum Gasteiger partial charge on any atom is 0.133 e. The van der Waals surface area contributed by atoms with Crippen LogP contribution in [-0.2, 0) is 0 Å². The molecule has 1 heterocycles. The average Bonchev–Trinajstić information content (AvgIpc) is 2.40. The van der Waals surface area contributed by atoms with Crippen molar-refractivity contribution in [1.29, 1.82) is 0 Å². The molecule has 1 aromatic heterocycles. The quantitative estimate of drug-likeness (QED) is 0.848. The van der Waals surface area contributed by atoms with E-state index in [2.05, 4.69) is 49.0 Å². The molecule has 0 amide bonds. The molecule has 3 heteroatoms. The summed E-state index contributed by atoms with van der Waals surface area (Å²) < 4.78 is 0. The van der Waals surface area contributed by atoms with E-state index in [9.17, 15) is 0 Å². The molecule has 0 bridgehead atoms. The number of rotatable bonds is 5. The Labute approximate surface area is 123 Å². The molecule has 0 spiro atoms. The molecule has 1 aliphatic carbocycles. The fourth-order valence-corrected chi connectivity index (χ4v) is 3.14. The second kappa shape index (κ2) is 7.05. The number of anilines is 1. The molecule has 0 radical (unpaired) electrons. The van der Waals surface area contributed by atoms with Gasteiger partial charge in [0.25, 0.3) is 0 Å². The molecule has 0 atom stereocenters. The van der Waals surface area contributed by atoms with Crippen molar-refractivity contribution in [3.8, 4) is 0 Å². The van der Waals surface area contributed by atoms with Gasteiger partial charge in [-0.25, -0.2) is 9.97 Å². The lowest BCUT2D eigenvalue weighted by Gasteiger charge is -2.29. The Balaban J connectivity index is 1.94. The Morgan fingerprint density at radius 2 is 1.90 bits per heavy atom. The van der Waals surface area contributed by atoms with Crippen molar-refractivity contribution in [1.82, 2.24) is 9.97 Å². The zero-order chi connectivity index (χ0) is 14.5. The number of aromatic nitrogens is 2. The summed E-state index contributed by atoms with van der Waals surface area (Å²) in [5.41, 5.74) is 1.06. The van der Waals surface area contributed by atoms with Crippen LogP contribution in [0.15, 0.2) is 6.07 Å². The van der Waals surface area contributed by atoms with Gasteiger partial charge in [-0.1, -0.05) is 33.6 Å². The number of nitrogens with zero attached hydrogens (tertiary/aromatic N) is 2. The Kier molecular flexibility index (Phi) is 5.38. The molecular formula is C17H29N3. The number of nitrogens with one attached hydrogen (secondary N) is 1. The van der Waals surface area contributed by atoms with E-state index in [1.54, 1.807) is 0 Å². The van der Waals surface area contributed by atoms with Gasteiger partial charge in [-0.3, -0.25) is 0 Å². The summed E-state index contributed by atoms with van der Waals surface area (Å²) in [6.45, 7) is 8.64. The van der Waals surface area contributed by atoms with Gasteiger partial charge in [0.05, 0.1) is 0 Å². The summed E-state index contributed by atoms with van der Waals surface area (Å²) in [6.07, 6.45) is 8.02. The van der Waals surface area contributed by atoms with Crippen LogP contribution in [0, 0.1) is 12.8 Å². The van der Waals surface area contributed by atoms with Crippen LogP contribution >= 0.6 is 0 Å². The van der Waals surface area contributed by atoms with Gasteiger partial charge in [0.1, 0.15) is 11.6 Å². The largest absolute Gasteiger partial charge is 0.367 e. The first kappa shape index (κ1) is 15.3. The predicted molar refractivity (Wildman–Crippen MR) is 85.1 cm³/mol. The third kappa shape index (κ3) is 4.19. The molecule has 2 rings (SSSR count). The van der Waals surface area contributed by atoms with Crippen LogP contribution in [0.5, 0.6) is 0 Å². The highest BCUT2D eigenvalue weighted by Crippen LogP contribution is 2.29. The van der Waals surface area contributed by atoms with Crippen molar-refractivity contribution in [3.63, 3.8) is 0 Å². The van der Waals surface area contributed by atoms with Crippen LogP contribution in [0.25, 0.3) is 0 Å². The molecule has 3 nitrogen and oxygen atoms in total. The van der Waals surface area contributed by atoms with Crippen molar-refractivity contribution in [2.75, 3.05) is 5.32 Å². The molecule has 112 valence electrons. The highest BCUT2D eigenvalue weighted by atomic mass is 15.1. The highest BCUT2D eigenvalue weighted by Gasteiger charge is 2.21. The molecule has 0 aromatic carbocycles. The second-order valence-electron chi connectivity index (χ2n) is 6.56. The first-order chi connectivity index (χ1) is 9.58. The second-order valence-corrected chi connectivity index (χ2v) is 6.56. The smallest absolute Gasteiger partial charge is 0.133 e. The normalized spacial score (nSPS) is 23.1. The molecule has 1 fully saturated rings. The van der Waals surface area contributed by atoms with Crippen LogP contribution in [0.3, 0.4) is 0 Å². The van der Waals surface area contributed by atoms with Gasteiger partial charge < -0.3 is 5.32 Å². The van der Waals surface area contributed by atoms with Crippen molar-refractivity contribution in [2.24, 2.45) is 5.92 Å². The topological polar surface area (TPSA) is 37.8 Å². The predicted octanol–water partition coefficient (Wildman–Crippen LogP) is 4.68. The van der Waals surface area contributed by atoms with Crippen LogP contribution < -0.4 is 5.32 Å². The minimum absolute atomic E-state index is 0.385. The van der Waals surface area contributed by atoms with E-state index in [1.807, 2.05) is 0 Å². The van der Waals surface area contributed by atoms with E-state index in [4.69, 9.17) is 0 Å². The Morgan fingerprint density at radius 3 is 2.50 bits per heavy atom. The molecule has 1 saturated carbocycles. The van der Waals surface area contributed by atoms with Crippen LogP contribution in [0.2, 0.25) is 0 Å². The van der Waals surface area contributed by atoms with Gasteiger partial charge in [0.2, 0.25) is 0 Å². The minimum Gasteiger partial charge on any atom is -0.367 e. The molecule has 20 heavy (non-hydrogen) atoms. The van der Waals surface area contributed by atoms with E-state index in [0.29, 0.717) is 12.0 Å². The van der Waals surface area contributed by atoms with E-state index in [-0.39, 0.29) is 0 Å². The maximum absolute atomic E-state index is 4.66. The van der Waals surface area contributed by atoms with Crippen molar-refractivity contribution >= 4 is 5.82 Å². The van der Waals surface area contributed by atoms with E-state index in [0.717, 1.165) is 23.3 Å². The first-order valence-corrected chi connectivity index (χ1v) is 8.20. The summed E-state index contributed by atoms with van der Waals surface area (Å²) in [5, 5.41) is 3.63. The van der Waals surface area contributed by atoms with Crippen molar-refractivity contribution in [2.45, 2.75) is 78.2 Å². The van der Waals surface area contributed by atoms with Crippen LogP contribution in [-0.4, -0.2) is 16.0 Å². The Bertz CT molecular complexity index is 420. The zero-order valence-electron chi connectivity index (χ0n) is 13.4. The van der Waals surface area contributed by atoms with E-state index < -0.39 is 0 Å². The van der Waals surface area contributed by atoms with Crippen molar-refractivity contribution < 1.29 is 0 Å². The summed E-state index contributed by atoms with van der Waals surface area (Å²) >= 11 is 0. The summed E-state index contributed by atoms with van der Waals surface area (Å²) in [5.74, 6) is 3.31.